The van der Waals surface area contributed by atoms with Crippen LogP contribution >= 0.6 is 0 Å². The SMILES string of the molecule is CC(C)Cc1nn(C)c2c(C#N)cccc12. The minimum Gasteiger partial charge on any atom is -0.266 e. The van der Waals surface area contributed by atoms with E-state index in [4.69, 9.17) is 5.26 Å². The van der Waals surface area contributed by atoms with E-state index in [1.807, 2.05) is 29.9 Å². The summed E-state index contributed by atoms with van der Waals surface area (Å²) >= 11 is 0. The van der Waals surface area contributed by atoms with Crippen LogP contribution in [0.25, 0.3) is 10.9 Å². The van der Waals surface area contributed by atoms with Gasteiger partial charge in [-0.3, -0.25) is 4.68 Å². The van der Waals surface area contributed by atoms with Crippen LogP contribution in [0.3, 0.4) is 0 Å². The summed E-state index contributed by atoms with van der Waals surface area (Å²) in [6.07, 6.45) is 0.951. The average Bonchev–Trinajstić information content (AvgIpc) is 2.55. The van der Waals surface area contributed by atoms with E-state index < -0.39 is 0 Å². The zero-order valence-corrected chi connectivity index (χ0v) is 9.86. The highest BCUT2D eigenvalue weighted by Crippen LogP contribution is 2.23. The third kappa shape index (κ3) is 1.67. The van der Waals surface area contributed by atoms with Crippen molar-refractivity contribution in [2.45, 2.75) is 20.3 Å². The number of hydrogen-bond donors (Lipinski definition) is 0. The Labute approximate surface area is 95.3 Å². The van der Waals surface area contributed by atoms with Gasteiger partial charge < -0.3 is 0 Å². The Hall–Kier alpha value is -1.82. The highest BCUT2D eigenvalue weighted by Gasteiger charge is 2.12. The predicted molar refractivity (Wildman–Crippen MR) is 64.0 cm³/mol. The molecule has 0 radical (unpaired) electrons. The molecule has 0 amide bonds. The van der Waals surface area contributed by atoms with Gasteiger partial charge in [0.25, 0.3) is 0 Å². The molecule has 0 N–H and O–H groups in total. The van der Waals surface area contributed by atoms with Crippen molar-refractivity contribution in [3.63, 3.8) is 0 Å². The summed E-state index contributed by atoms with van der Waals surface area (Å²) in [6.45, 7) is 4.35. The molecule has 3 nitrogen and oxygen atoms in total. The lowest BCUT2D eigenvalue weighted by Crippen LogP contribution is -1.97. The summed E-state index contributed by atoms with van der Waals surface area (Å²) in [7, 11) is 1.90. The number of fused-ring (bicyclic) bond motifs is 1. The van der Waals surface area contributed by atoms with Crippen molar-refractivity contribution in [3.05, 3.63) is 29.5 Å². The molecule has 0 unspecified atom stereocenters. The van der Waals surface area contributed by atoms with Gasteiger partial charge in [-0.2, -0.15) is 10.4 Å². The molecule has 0 fully saturated rings. The second-order valence-electron chi connectivity index (χ2n) is 4.48. The summed E-state index contributed by atoms with van der Waals surface area (Å²) in [5.74, 6) is 0.573. The minimum atomic E-state index is 0.573. The van der Waals surface area contributed by atoms with Crippen LogP contribution < -0.4 is 0 Å². The van der Waals surface area contributed by atoms with Gasteiger partial charge in [0.05, 0.1) is 16.8 Å². The maximum absolute atomic E-state index is 9.06. The number of nitrogens with zero attached hydrogens (tertiary/aromatic N) is 3. The van der Waals surface area contributed by atoms with Gasteiger partial charge in [-0.15, -0.1) is 0 Å². The molecule has 1 heterocycles. The van der Waals surface area contributed by atoms with Gasteiger partial charge >= 0.3 is 0 Å². The molecule has 0 saturated carbocycles. The van der Waals surface area contributed by atoms with Crippen molar-refractivity contribution >= 4 is 10.9 Å². The Morgan fingerprint density at radius 2 is 2.19 bits per heavy atom. The monoisotopic (exact) mass is 213 g/mol. The fourth-order valence-corrected chi connectivity index (χ4v) is 2.04. The second kappa shape index (κ2) is 3.97. The first-order valence-corrected chi connectivity index (χ1v) is 5.48. The number of aromatic nitrogens is 2. The zero-order valence-electron chi connectivity index (χ0n) is 9.86. The van der Waals surface area contributed by atoms with Gasteiger partial charge in [0.2, 0.25) is 0 Å². The van der Waals surface area contributed by atoms with Gasteiger partial charge in [0.1, 0.15) is 6.07 Å². The molecule has 1 aromatic carbocycles. The molecule has 0 atom stereocenters. The molecule has 82 valence electrons. The van der Waals surface area contributed by atoms with Crippen molar-refractivity contribution in [1.82, 2.24) is 9.78 Å². The van der Waals surface area contributed by atoms with Crippen molar-refractivity contribution in [1.29, 1.82) is 5.26 Å². The molecule has 2 rings (SSSR count). The fraction of sp³-hybridized carbons (Fsp3) is 0.385. The Morgan fingerprint density at radius 1 is 1.44 bits per heavy atom. The summed E-state index contributed by atoms with van der Waals surface area (Å²) in [6, 6.07) is 8.02. The average molecular weight is 213 g/mol. The van der Waals surface area contributed by atoms with E-state index in [1.54, 1.807) is 0 Å². The summed E-state index contributed by atoms with van der Waals surface area (Å²) in [5.41, 5.74) is 2.73. The molecule has 0 aliphatic carbocycles. The van der Waals surface area contributed by atoms with Crippen LogP contribution in [0.2, 0.25) is 0 Å². The Morgan fingerprint density at radius 3 is 2.81 bits per heavy atom. The van der Waals surface area contributed by atoms with Crippen molar-refractivity contribution in [2.75, 3.05) is 0 Å². The summed E-state index contributed by atoms with van der Waals surface area (Å²) in [5, 5.41) is 14.7. The molecule has 0 saturated heterocycles. The van der Waals surface area contributed by atoms with Crippen LogP contribution in [0.15, 0.2) is 18.2 Å². The second-order valence-corrected chi connectivity index (χ2v) is 4.48. The zero-order chi connectivity index (χ0) is 11.7. The summed E-state index contributed by atoms with van der Waals surface area (Å²) < 4.78 is 1.81. The third-order valence-electron chi connectivity index (χ3n) is 2.66. The number of rotatable bonds is 2. The van der Waals surface area contributed by atoms with Crippen LogP contribution in [-0.2, 0) is 13.5 Å². The van der Waals surface area contributed by atoms with Crippen LogP contribution in [0.5, 0.6) is 0 Å². The van der Waals surface area contributed by atoms with Crippen molar-refractivity contribution in [2.24, 2.45) is 13.0 Å². The Kier molecular flexibility index (Phi) is 2.66. The number of para-hydroxylation sites is 1. The topological polar surface area (TPSA) is 41.6 Å². The molecule has 3 heteroatoms. The van der Waals surface area contributed by atoms with Crippen molar-refractivity contribution in [3.8, 4) is 6.07 Å². The van der Waals surface area contributed by atoms with E-state index in [2.05, 4.69) is 25.0 Å². The number of benzene rings is 1. The maximum Gasteiger partial charge on any atom is 0.101 e. The van der Waals surface area contributed by atoms with E-state index in [0.717, 1.165) is 23.0 Å². The first kappa shape index (κ1) is 10.7. The first-order valence-electron chi connectivity index (χ1n) is 5.48. The molecule has 0 aliphatic heterocycles. The number of hydrogen-bond acceptors (Lipinski definition) is 2. The number of nitriles is 1. The maximum atomic E-state index is 9.06. The largest absolute Gasteiger partial charge is 0.266 e. The molecule has 0 bridgehead atoms. The van der Waals surface area contributed by atoms with Gasteiger partial charge in [-0.1, -0.05) is 26.0 Å². The lowest BCUT2D eigenvalue weighted by atomic mass is 10.0. The lowest BCUT2D eigenvalue weighted by Gasteiger charge is -2.00. The lowest BCUT2D eigenvalue weighted by molar-refractivity contribution is 0.624. The molecule has 0 aliphatic rings. The van der Waals surface area contributed by atoms with Gasteiger partial charge in [0, 0.05) is 12.4 Å². The van der Waals surface area contributed by atoms with Crippen molar-refractivity contribution < 1.29 is 0 Å². The van der Waals surface area contributed by atoms with E-state index in [0.29, 0.717) is 11.5 Å². The van der Waals surface area contributed by atoms with E-state index >= 15 is 0 Å². The Bertz CT molecular complexity index is 558. The van der Waals surface area contributed by atoms with E-state index in [9.17, 15) is 0 Å². The van der Waals surface area contributed by atoms with E-state index in [-0.39, 0.29) is 0 Å². The molecule has 0 spiro atoms. The quantitative estimate of drug-likeness (QED) is 0.769. The molecule has 1 aromatic heterocycles. The molecule has 16 heavy (non-hydrogen) atoms. The molecule has 2 aromatic rings. The normalized spacial score (nSPS) is 10.9. The predicted octanol–water partition coefficient (Wildman–Crippen LogP) is 2.64. The molecular formula is C13H15N3. The van der Waals surface area contributed by atoms with Crippen LogP contribution in [0, 0.1) is 17.2 Å². The first-order chi connectivity index (χ1) is 7.63. The third-order valence-corrected chi connectivity index (χ3v) is 2.66. The smallest absolute Gasteiger partial charge is 0.101 e. The van der Waals surface area contributed by atoms with Gasteiger partial charge in [-0.05, 0) is 18.4 Å². The van der Waals surface area contributed by atoms with Crippen LogP contribution in [-0.4, -0.2) is 9.78 Å². The molecular weight excluding hydrogens is 198 g/mol. The van der Waals surface area contributed by atoms with Crippen LogP contribution in [0.1, 0.15) is 25.1 Å². The summed E-state index contributed by atoms with van der Waals surface area (Å²) in [4.78, 5) is 0. The standard InChI is InChI=1S/C13H15N3/c1-9(2)7-12-11-6-4-5-10(8-14)13(11)16(3)15-12/h4-6,9H,7H2,1-3H3. The fourth-order valence-electron chi connectivity index (χ4n) is 2.04. The highest BCUT2D eigenvalue weighted by molar-refractivity contribution is 5.87. The highest BCUT2D eigenvalue weighted by atomic mass is 15.3. The van der Waals surface area contributed by atoms with Gasteiger partial charge in [0.15, 0.2) is 0 Å². The Balaban J connectivity index is 2.68. The van der Waals surface area contributed by atoms with Gasteiger partial charge in [-0.25, -0.2) is 0 Å². The number of aryl methyl sites for hydroxylation is 1. The minimum absolute atomic E-state index is 0.573. The van der Waals surface area contributed by atoms with E-state index in [1.165, 1.54) is 0 Å². The van der Waals surface area contributed by atoms with Crippen LogP contribution in [0.4, 0.5) is 0 Å².